The van der Waals surface area contributed by atoms with E-state index in [0.29, 0.717) is 0 Å². The molecule has 0 aromatic carbocycles. The fourth-order valence-corrected chi connectivity index (χ4v) is 2.25. The Kier molecular flexibility index (Phi) is 12.8. The van der Waals surface area contributed by atoms with Crippen LogP contribution in [-0.2, 0) is 4.74 Å². The van der Waals surface area contributed by atoms with E-state index < -0.39 is 0 Å². The molecule has 4 N–H and O–H groups in total. The molecule has 0 amide bonds. The van der Waals surface area contributed by atoms with Crippen molar-refractivity contribution >= 4 is 0 Å². The van der Waals surface area contributed by atoms with Crippen LogP contribution in [0, 0.1) is 0 Å². The van der Waals surface area contributed by atoms with Crippen LogP contribution in [0.5, 0.6) is 0 Å². The van der Waals surface area contributed by atoms with Crippen LogP contribution in [-0.4, -0.2) is 25.3 Å². The normalized spacial score (nSPS) is 12.0. The number of rotatable bonds is 14. The van der Waals surface area contributed by atoms with Crippen LogP contribution in [0.4, 0.5) is 0 Å². The molecule has 0 aromatic heterocycles. The third kappa shape index (κ3) is 14.1. The lowest BCUT2D eigenvalue weighted by atomic mass is 9.99. The fourth-order valence-electron chi connectivity index (χ4n) is 2.25. The highest BCUT2D eigenvalue weighted by molar-refractivity contribution is 4.68. The second kappa shape index (κ2) is 12.9. The van der Waals surface area contributed by atoms with Gasteiger partial charge in [0.2, 0.25) is 0 Å². The Morgan fingerprint density at radius 3 is 1.74 bits per heavy atom. The molecule has 0 rings (SSSR count). The van der Waals surface area contributed by atoms with Gasteiger partial charge in [-0.3, -0.25) is 0 Å². The van der Waals surface area contributed by atoms with E-state index in [1.54, 1.807) is 0 Å². The molecule has 0 aliphatic heterocycles. The molecular weight excluding hydrogens is 236 g/mol. The van der Waals surface area contributed by atoms with Gasteiger partial charge in [0.15, 0.2) is 0 Å². The molecule has 0 aliphatic rings. The molecular formula is C16H36N2O. The average Bonchev–Trinajstić information content (AvgIpc) is 2.38. The molecule has 0 aromatic rings. The highest BCUT2D eigenvalue weighted by Crippen LogP contribution is 2.19. The summed E-state index contributed by atoms with van der Waals surface area (Å²) in [5.74, 6) is 0. The smallest absolute Gasteiger partial charge is 0.0626 e. The van der Waals surface area contributed by atoms with E-state index in [1.807, 2.05) is 0 Å². The van der Waals surface area contributed by atoms with Gasteiger partial charge < -0.3 is 16.2 Å². The Labute approximate surface area is 120 Å². The molecule has 19 heavy (non-hydrogen) atoms. The van der Waals surface area contributed by atoms with Crippen LogP contribution >= 0.6 is 0 Å². The second-order valence-corrected chi connectivity index (χ2v) is 6.12. The van der Waals surface area contributed by atoms with Crippen LogP contribution < -0.4 is 11.5 Å². The Morgan fingerprint density at radius 2 is 1.16 bits per heavy atom. The molecule has 0 spiro atoms. The van der Waals surface area contributed by atoms with Gasteiger partial charge in [-0.2, -0.15) is 0 Å². The predicted octanol–water partition coefficient (Wildman–Crippen LogP) is 3.60. The number of hydrogen-bond acceptors (Lipinski definition) is 3. The SMILES string of the molecule is CC(C)(CCCCCCCN)OCCCCCCN. The minimum Gasteiger partial charge on any atom is -0.376 e. The first-order valence-electron chi connectivity index (χ1n) is 8.16. The summed E-state index contributed by atoms with van der Waals surface area (Å²) in [5.41, 5.74) is 11.0. The van der Waals surface area contributed by atoms with Crippen molar-refractivity contribution in [2.75, 3.05) is 19.7 Å². The van der Waals surface area contributed by atoms with Crippen molar-refractivity contribution in [2.45, 2.75) is 83.7 Å². The Bertz CT molecular complexity index is 166. The van der Waals surface area contributed by atoms with E-state index in [9.17, 15) is 0 Å². The van der Waals surface area contributed by atoms with E-state index >= 15 is 0 Å². The first-order chi connectivity index (χ1) is 9.12. The maximum Gasteiger partial charge on any atom is 0.0626 e. The van der Waals surface area contributed by atoms with E-state index in [4.69, 9.17) is 16.2 Å². The highest BCUT2D eigenvalue weighted by Gasteiger charge is 2.17. The maximum atomic E-state index is 5.99. The van der Waals surface area contributed by atoms with Crippen LogP contribution in [0.2, 0.25) is 0 Å². The molecule has 116 valence electrons. The fraction of sp³-hybridized carbons (Fsp3) is 1.00. The van der Waals surface area contributed by atoms with Gasteiger partial charge in [-0.15, -0.1) is 0 Å². The minimum absolute atomic E-state index is 0.0434. The van der Waals surface area contributed by atoms with Gasteiger partial charge in [-0.05, 0) is 52.6 Å². The number of ether oxygens (including phenoxy) is 1. The molecule has 3 nitrogen and oxygen atoms in total. The van der Waals surface area contributed by atoms with Crippen LogP contribution in [0.15, 0.2) is 0 Å². The van der Waals surface area contributed by atoms with Crippen molar-refractivity contribution in [3.63, 3.8) is 0 Å². The predicted molar refractivity (Wildman–Crippen MR) is 84.3 cm³/mol. The molecule has 0 bridgehead atoms. The summed E-state index contributed by atoms with van der Waals surface area (Å²) in [4.78, 5) is 0. The molecule has 0 heterocycles. The van der Waals surface area contributed by atoms with Crippen LogP contribution in [0.25, 0.3) is 0 Å². The van der Waals surface area contributed by atoms with Gasteiger partial charge in [0, 0.05) is 6.61 Å². The van der Waals surface area contributed by atoms with Crippen molar-refractivity contribution in [1.29, 1.82) is 0 Å². The zero-order valence-electron chi connectivity index (χ0n) is 13.3. The standard InChI is InChI=1S/C16H36N2O/c1-16(2,12-8-4-3-5-9-13-17)19-15-11-7-6-10-14-18/h3-15,17-18H2,1-2H3. The second-order valence-electron chi connectivity index (χ2n) is 6.12. The first-order valence-corrected chi connectivity index (χ1v) is 8.16. The molecule has 3 heteroatoms. The van der Waals surface area contributed by atoms with Crippen molar-refractivity contribution in [3.8, 4) is 0 Å². The number of hydrogen-bond donors (Lipinski definition) is 2. The van der Waals surface area contributed by atoms with E-state index in [2.05, 4.69) is 13.8 Å². The van der Waals surface area contributed by atoms with E-state index in [-0.39, 0.29) is 5.60 Å². The summed E-state index contributed by atoms with van der Waals surface area (Å²) >= 11 is 0. The molecule has 0 saturated heterocycles. The molecule has 0 fully saturated rings. The Hall–Kier alpha value is -0.120. The van der Waals surface area contributed by atoms with E-state index in [1.165, 1.54) is 57.8 Å². The molecule has 0 atom stereocenters. The van der Waals surface area contributed by atoms with E-state index in [0.717, 1.165) is 26.1 Å². The van der Waals surface area contributed by atoms with Crippen molar-refractivity contribution in [3.05, 3.63) is 0 Å². The summed E-state index contributed by atoms with van der Waals surface area (Å²) < 4.78 is 5.99. The molecule has 0 saturated carbocycles. The largest absolute Gasteiger partial charge is 0.376 e. The Balaban J connectivity index is 3.36. The van der Waals surface area contributed by atoms with Crippen molar-refractivity contribution in [1.82, 2.24) is 0 Å². The quantitative estimate of drug-likeness (QED) is 0.475. The zero-order valence-corrected chi connectivity index (χ0v) is 13.3. The minimum atomic E-state index is 0.0434. The van der Waals surface area contributed by atoms with Gasteiger partial charge in [0.05, 0.1) is 5.60 Å². The van der Waals surface area contributed by atoms with Gasteiger partial charge in [0.25, 0.3) is 0 Å². The van der Waals surface area contributed by atoms with Crippen LogP contribution in [0.3, 0.4) is 0 Å². The van der Waals surface area contributed by atoms with Crippen LogP contribution in [0.1, 0.15) is 78.1 Å². The third-order valence-corrected chi connectivity index (χ3v) is 3.57. The topological polar surface area (TPSA) is 61.3 Å². The lowest BCUT2D eigenvalue weighted by Gasteiger charge is -2.25. The highest BCUT2D eigenvalue weighted by atomic mass is 16.5. The first kappa shape index (κ1) is 18.9. The number of unbranched alkanes of at least 4 members (excludes halogenated alkanes) is 7. The average molecular weight is 272 g/mol. The molecule has 0 unspecified atom stereocenters. The molecule has 0 radical (unpaired) electrons. The Morgan fingerprint density at radius 1 is 0.684 bits per heavy atom. The maximum absolute atomic E-state index is 5.99. The summed E-state index contributed by atoms with van der Waals surface area (Å²) in [6.07, 6.45) is 12.3. The summed E-state index contributed by atoms with van der Waals surface area (Å²) in [6.45, 7) is 6.97. The summed E-state index contributed by atoms with van der Waals surface area (Å²) in [7, 11) is 0. The lowest BCUT2D eigenvalue weighted by molar-refractivity contribution is -0.0266. The van der Waals surface area contributed by atoms with Gasteiger partial charge >= 0.3 is 0 Å². The van der Waals surface area contributed by atoms with Gasteiger partial charge in [-0.25, -0.2) is 0 Å². The summed E-state index contributed by atoms with van der Waals surface area (Å²) in [5, 5.41) is 0. The van der Waals surface area contributed by atoms with Crippen molar-refractivity contribution in [2.24, 2.45) is 11.5 Å². The zero-order chi connectivity index (χ0) is 14.4. The molecule has 0 aliphatic carbocycles. The lowest BCUT2D eigenvalue weighted by Crippen LogP contribution is -2.24. The third-order valence-electron chi connectivity index (χ3n) is 3.57. The van der Waals surface area contributed by atoms with Gasteiger partial charge in [0.1, 0.15) is 0 Å². The van der Waals surface area contributed by atoms with Crippen molar-refractivity contribution < 1.29 is 4.74 Å². The monoisotopic (exact) mass is 272 g/mol. The van der Waals surface area contributed by atoms with Gasteiger partial charge in [-0.1, -0.05) is 38.5 Å². The number of nitrogens with two attached hydrogens (primary N) is 2. The summed E-state index contributed by atoms with van der Waals surface area (Å²) in [6, 6.07) is 0.